The number of rotatable bonds is 4. The molecule has 0 aliphatic rings. The van der Waals surface area contributed by atoms with E-state index in [0.29, 0.717) is 17.2 Å². The first kappa shape index (κ1) is 20.3. The van der Waals surface area contributed by atoms with Crippen LogP contribution in [-0.4, -0.2) is 16.0 Å². The summed E-state index contributed by atoms with van der Waals surface area (Å²) in [5.74, 6) is 0.984. The number of aryl methyl sites for hydroxylation is 1. The fourth-order valence-corrected chi connectivity index (χ4v) is 3.05. The maximum Gasteiger partial charge on any atom is 0.416 e. The van der Waals surface area contributed by atoms with Gasteiger partial charge in [0.05, 0.1) is 11.8 Å². The molecular formula is C22H17F3N4O2. The molecule has 2 aromatic heterocycles. The Balaban J connectivity index is 1.44. The van der Waals surface area contributed by atoms with Gasteiger partial charge < -0.3 is 20.4 Å². The first-order valence-corrected chi connectivity index (χ1v) is 9.25. The molecule has 0 aliphatic heterocycles. The molecule has 3 N–H and O–H groups in total. The highest BCUT2D eigenvalue weighted by molar-refractivity contribution is 5.99. The number of aromatic nitrogens is 2. The molecular weight excluding hydrogens is 409 g/mol. The summed E-state index contributed by atoms with van der Waals surface area (Å²) < 4.78 is 45.0. The van der Waals surface area contributed by atoms with E-state index in [0.717, 1.165) is 17.1 Å². The summed E-state index contributed by atoms with van der Waals surface area (Å²) in [5.41, 5.74) is 0.469. The van der Waals surface area contributed by atoms with Crippen LogP contribution in [0.15, 0.2) is 67.0 Å². The summed E-state index contributed by atoms with van der Waals surface area (Å²) in [6.45, 7) is 1.36. The van der Waals surface area contributed by atoms with E-state index in [9.17, 15) is 18.0 Å². The molecule has 0 atom stereocenters. The van der Waals surface area contributed by atoms with Gasteiger partial charge in [0.15, 0.2) is 0 Å². The van der Waals surface area contributed by atoms with Crippen LogP contribution in [0.2, 0.25) is 0 Å². The smallest absolute Gasteiger partial charge is 0.416 e. The van der Waals surface area contributed by atoms with Crippen LogP contribution in [0.5, 0.6) is 11.5 Å². The zero-order valence-electron chi connectivity index (χ0n) is 16.2. The highest BCUT2D eigenvalue weighted by atomic mass is 19.4. The number of anilines is 2. The molecule has 31 heavy (non-hydrogen) atoms. The number of carbonyl (C=O) groups excluding carboxylic acids is 1. The Morgan fingerprint density at radius 3 is 2.55 bits per heavy atom. The second kappa shape index (κ2) is 8.02. The third-order valence-electron chi connectivity index (χ3n) is 4.50. The summed E-state index contributed by atoms with van der Waals surface area (Å²) in [6.07, 6.45) is -1.15. The minimum absolute atomic E-state index is 0.0358. The quantitative estimate of drug-likeness (QED) is 0.357. The Morgan fingerprint density at radius 1 is 1.00 bits per heavy atom. The number of nitrogens with one attached hydrogen (secondary N) is 3. The molecule has 0 fully saturated rings. The van der Waals surface area contributed by atoms with Gasteiger partial charge in [0.1, 0.15) is 17.1 Å². The zero-order chi connectivity index (χ0) is 22.0. The number of benzene rings is 2. The molecule has 0 spiro atoms. The topological polar surface area (TPSA) is 79.0 Å². The van der Waals surface area contributed by atoms with Crippen molar-refractivity contribution < 1.29 is 22.7 Å². The molecule has 158 valence electrons. The van der Waals surface area contributed by atoms with E-state index in [1.54, 1.807) is 36.7 Å². The van der Waals surface area contributed by atoms with Crippen molar-refractivity contribution in [2.75, 3.05) is 10.6 Å². The van der Waals surface area contributed by atoms with E-state index in [1.165, 1.54) is 19.1 Å². The van der Waals surface area contributed by atoms with Gasteiger partial charge in [0.25, 0.3) is 0 Å². The molecule has 4 aromatic rings. The standard InChI is InChI=1S/C22H17F3N4O2/c1-13-5-6-16(11-19(13)22(23,24)25)29-21(30)28-15-3-2-4-17(10-15)31-18-9-14-7-8-26-20(14)27-12-18/h2-12H,1H3,(H,26,27)(H2,28,29,30). The molecule has 2 amide bonds. The number of alkyl halides is 3. The number of hydrogen-bond acceptors (Lipinski definition) is 3. The number of hydrogen-bond donors (Lipinski definition) is 3. The van der Waals surface area contributed by atoms with Crippen molar-refractivity contribution in [3.05, 3.63) is 78.1 Å². The van der Waals surface area contributed by atoms with Crippen molar-refractivity contribution in [2.24, 2.45) is 0 Å². The molecule has 6 nitrogen and oxygen atoms in total. The molecule has 2 heterocycles. The van der Waals surface area contributed by atoms with Crippen molar-refractivity contribution in [2.45, 2.75) is 13.1 Å². The molecule has 0 saturated heterocycles. The highest BCUT2D eigenvalue weighted by Crippen LogP contribution is 2.33. The number of nitrogens with zero attached hydrogens (tertiary/aromatic N) is 1. The van der Waals surface area contributed by atoms with Gasteiger partial charge in [0, 0.05) is 29.0 Å². The lowest BCUT2D eigenvalue weighted by molar-refractivity contribution is -0.138. The van der Waals surface area contributed by atoms with Gasteiger partial charge in [0.2, 0.25) is 0 Å². The summed E-state index contributed by atoms with van der Waals surface area (Å²) in [4.78, 5) is 19.5. The van der Waals surface area contributed by atoms with Gasteiger partial charge in [-0.2, -0.15) is 13.2 Å². The number of aromatic amines is 1. The van der Waals surface area contributed by atoms with Crippen molar-refractivity contribution in [1.29, 1.82) is 0 Å². The van der Waals surface area contributed by atoms with Crippen LogP contribution in [0.4, 0.5) is 29.3 Å². The Labute approximate surface area is 175 Å². The van der Waals surface area contributed by atoms with Crippen molar-refractivity contribution >= 4 is 28.4 Å². The number of amides is 2. The van der Waals surface area contributed by atoms with Crippen LogP contribution in [0, 0.1) is 6.92 Å². The van der Waals surface area contributed by atoms with Crippen LogP contribution >= 0.6 is 0 Å². The van der Waals surface area contributed by atoms with E-state index in [4.69, 9.17) is 4.74 Å². The van der Waals surface area contributed by atoms with Gasteiger partial charge in [-0.3, -0.25) is 0 Å². The number of carbonyl (C=O) groups is 1. The lowest BCUT2D eigenvalue weighted by Crippen LogP contribution is -2.20. The predicted molar refractivity (Wildman–Crippen MR) is 111 cm³/mol. The first-order chi connectivity index (χ1) is 14.8. The average molecular weight is 426 g/mol. The number of urea groups is 1. The normalized spacial score (nSPS) is 11.4. The number of halogens is 3. The monoisotopic (exact) mass is 426 g/mol. The Bertz CT molecular complexity index is 1250. The lowest BCUT2D eigenvalue weighted by atomic mass is 10.1. The molecule has 2 aromatic carbocycles. The largest absolute Gasteiger partial charge is 0.456 e. The molecule has 0 aliphatic carbocycles. The maximum atomic E-state index is 13.1. The summed E-state index contributed by atoms with van der Waals surface area (Å²) in [5, 5.41) is 5.89. The number of fused-ring (bicyclic) bond motifs is 1. The second-order valence-electron chi connectivity index (χ2n) is 6.82. The van der Waals surface area contributed by atoms with Gasteiger partial charge in [-0.1, -0.05) is 12.1 Å². The van der Waals surface area contributed by atoms with Crippen LogP contribution in [0.3, 0.4) is 0 Å². The van der Waals surface area contributed by atoms with Gasteiger partial charge in [-0.25, -0.2) is 9.78 Å². The van der Waals surface area contributed by atoms with Gasteiger partial charge in [-0.05, 0) is 48.9 Å². The van der Waals surface area contributed by atoms with Crippen LogP contribution in [0.25, 0.3) is 11.0 Å². The summed E-state index contributed by atoms with van der Waals surface area (Å²) in [6, 6.07) is 13.3. The molecule has 9 heteroatoms. The second-order valence-corrected chi connectivity index (χ2v) is 6.82. The average Bonchev–Trinajstić information content (AvgIpc) is 3.17. The highest BCUT2D eigenvalue weighted by Gasteiger charge is 2.32. The van der Waals surface area contributed by atoms with E-state index < -0.39 is 17.8 Å². The SMILES string of the molecule is Cc1ccc(NC(=O)Nc2cccc(Oc3cnc4[nH]ccc4c3)c2)cc1C(F)(F)F. The Kier molecular flexibility index (Phi) is 5.24. The van der Waals surface area contributed by atoms with Gasteiger partial charge >= 0.3 is 12.2 Å². The third-order valence-corrected chi connectivity index (χ3v) is 4.50. The molecule has 0 unspecified atom stereocenters. The van der Waals surface area contributed by atoms with Crippen molar-refractivity contribution in [1.82, 2.24) is 9.97 Å². The van der Waals surface area contributed by atoms with E-state index in [1.807, 2.05) is 12.1 Å². The van der Waals surface area contributed by atoms with Crippen LogP contribution in [-0.2, 0) is 6.18 Å². The fraction of sp³-hybridized carbons (Fsp3) is 0.0909. The van der Waals surface area contributed by atoms with Crippen LogP contribution in [0.1, 0.15) is 11.1 Å². The molecule has 0 bridgehead atoms. The molecule has 4 rings (SSSR count). The number of ether oxygens (including phenoxy) is 1. The van der Waals surface area contributed by atoms with Gasteiger partial charge in [-0.15, -0.1) is 0 Å². The summed E-state index contributed by atoms with van der Waals surface area (Å²) >= 11 is 0. The lowest BCUT2D eigenvalue weighted by Gasteiger charge is -2.13. The molecule has 0 saturated carbocycles. The van der Waals surface area contributed by atoms with E-state index in [2.05, 4.69) is 20.6 Å². The number of pyridine rings is 1. The Morgan fingerprint density at radius 2 is 1.77 bits per heavy atom. The fourth-order valence-electron chi connectivity index (χ4n) is 3.05. The Hall–Kier alpha value is -4.01. The summed E-state index contributed by atoms with van der Waals surface area (Å²) in [7, 11) is 0. The van der Waals surface area contributed by atoms with Crippen molar-refractivity contribution in [3.63, 3.8) is 0 Å². The van der Waals surface area contributed by atoms with Crippen molar-refractivity contribution in [3.8, 4) is 11.5 Å². The predicted octanol–water partition coefficient (Wildman–Crippen LogP) is 6.33. The van der Waals surface area contributed by atoms with E-state index in [-0.39, 0.29) is 11.3 Å². The first-order valence-electron chi connectivity index (χ1n) is 9.25. The molecule has 0 radical (unpaired) electrons. The van der Waals surface area contributed by atoms with E-state index >= 15 is 0 Å². The zero-order valence-corrected chi connectivity index (χ0v) is 16.2. The minimum Gasteiger partial charge on any atom is -0.456 e. The maximum absolute atomic E-state index is 13.1. The number of H-pyrrole nitrogens is 1. The van der Waals surface area contributed by atoms with Crippen LogP contribution < -0.4 is 15.4 Å². The minimum atomic E-state index is -4.50. The third kappa shape index (κ3) is 4.77.